The van der Waals surface area contributed by atoms with Crippen LogP contribution in [0.1, 0.15) is 23.0 Å². The van der Waals surface area contributed by atoms with Crippen molar-refractivity contribution in [1.29, 1.82) is 0 Å². The van der Waals surface area contributed by atoms with Crippen molar-refractivity contribution in [2.75, 3.05) is 6.61 Å². The third-order valence-electron chi connectivity index (χ3n) is 5.36. The van der Waals surface area contributed by atoms with Crippen LogP contribution < -0.4 is 10.1 Å². The smallest absolute Gasteiger partial charge is 0.270 e. The number of aromatic nitrogens is 3. The van der Waals surface area contributed by atoms with Crippen molar-refractivity contribution in [1.82, 2.24) is 19.7 Å². The van der Waals surface area contributed by atoms with Crippen molar-refractivity contribution in [3.8, 4) is 16.9 Å². The molecule has 3 aromatic heterocycles. The van der Waals surface area contributed by atoms with Crippen molar-refractivity contribution >= 4 is 22.5 Å². The minimum Gasteiger partial charge on any atom is -0.494 e. The van der Waals surface area contributed by atoms with E-state index in [0.717, 1.165) is 39.0 Å². The van der Waals surface area contributed by atoms with Crippen molar-refractivity contribution in [3.63, 3.8) is 0 Å². The molecule has 0 fully saturated rings. The standard InChI is InChI=1S/C26H22N4O2/c1-2-32-22-9-5-18(6-10-22)15-29-26(31)24-16-28-25-12-8-21(17-30(24)25)19-7-11-23-20(14-19)4-3-13-27-23/h3-14,16-17H,2,15H2,1H3,(H,29,31). The lowest BCUT2D eigenvalue weighted by Crippen LogP contribution is -2.24. The van der Waals surface area contributed by atoms with E-state index in [1.165, 1.54) is 0 Å². The zero-order valence-corrected chi connectivity index (χ0v) is 17.7. The summed E-state index contributed by atoms with van der Waals surface area (Å²) in [4.78, 5) is 21.6. The van der Waals surface area contributed by atoms with Crippen LogP contribution >= 0.6 is 0 Å². The molecule has 0 saturated carbocycles. The maximum absolute atomic E-state index is 12.9. The van der Waals surface area contributed by atoms with E-state index in [4.69, 9.17) is 4.74 Å². The molecule has 1 amide bonds. The topological polar surface area (TPSA) is 68.5 Å². The van der Waals surface area contributed by atoms with Crippen LogP contribution in [0.3, 0.4) is 0 Å². The van der Waals surface area contributed by atoms with Gasteiger partial charge in [-0.3, -0.25) is 14.2 Å². The minimum atomic E-state index is -0.175. The molecule has 6 heteroatoms. The molecule has 0 aliphatic carbocycles. The molecule has 2 aromatic carbocycles. The average Bonchev–Trinajstić information content (AvgIpc) is 3.27. The van der Waals surface area contributed by atoms with Crippen molar-refractivity contribution in [3.05, 3.63) is 96.6 Å². The van der Waals surface area contributed by atoms with E-state index in [2.05, 4.69) is 21.4 Å². The summed E-state index contributed by atoms with van der Waals surface area (Å²) in [6.07, 6.45) is 5.35. The first-order valence-electron chi connectivity index (χ1n) is 10.5. The van der Waals surface area contributed by atoms with E-state index < -0.39 is 0 Å². The van der Waals surface area contributed by atoms with Crippen molar-refractivity contribution < 1.29 is 9.53 Å². The lowest BCUT2D eigenvalue weighted by molar-refractivity contribution is 0.0945. The molecule has 0 saturated heterocycles. The molecule has 1 N–H and O–H groups in total. The zero-order chi connectivity index (χ0) is 21.9. The lowest BCUT2D eigenvalue weighted by Gasteiger charge is -2.08. The van der Waals surface area contributed by atoms with Gasteiger partial charge >= 0.3 is 0 Å². The number of imidazole rings is 1. The van der Waals surface area contributed by atoms with Gasteiger partial charge in [0.2, 0.25) is 0 Å². The second-order valence-electron chi connectivity index (χ2n) is 7.46. The number of benzene rings is 2. The summed E-state index contributed by atoms with van der Waals surface area (Å²) in [5.41, 5.74) is 5.23. The molecule has 0 aliphatic rings. The molecule has 0 spiro atoms. The number of rotatable bonds is 6. The van der Waals surface area contributed by atoms with Crippen LogP contribution in [0.5, 0.6) is 5.75 Å². The SMILES string of the molecule is CCOc1ccc(CNC(=O)c2cnc3ccc(-c4ccc5ncccc5c4)cn23)cc1. The highest BCUT2D eigenvalue weighted by Gasteiger charge is 2.13. The van der Waals surface area contributed by atoms with E-state index in [1.54, 1.807) is 12.4 Å². The molecule has 0 atom stereocenters. The number of carbonyl (C=O) groups excluding carboxylic acids is 1. The van der Waals surface area contributed by atoms with E-state index in [9.17, 15) is 4.79 Å². The Bertz CT molecular complexity index is 1410. The molecular formula is C26H22N4O2. The highest BCUT2D eigenvalue weighted by Crippen LogP contribution is 2.24. The van der Waals surface area contributed by atoms with Crippen LogP contribution in [0.15, 0.2) is 85.3 Å². The second kappa shape index (κ2) is 8.51. The summed E-state index contributed by atoms with van der Waals surface area (Å²) in [6, 6.07) is 21.8. The summed E-state index contributed by atoms with van der Waals surface area (Å²) in [5, 5.41) is 4.05. The highest BCUT2D eigenvalue weighted by molar-refractivity contribution is 5.93. The molecular weight excluding hydrogens is 400 g/mol. The van der Waals surface area contributed by atoms with Crippen LogP contribution in [0.2, 0.25) is 0 Å². The Morgan fingerprint density at radius 3 is 2.69 bits per heavy atom. The summed E-state index contributed by atoms with van der Waals surface area (Å²) >= 11 is 0. The second-order valence-corrected chi connectivity index (χ2v) is 7.46. The van der Waals surface area contributed by atoms with Gasteiger partial charge < -0.3 is 10.1 Å². The zero-order valence-electron chi connectivity index (χ0n) is 17.7. The van der Waals surface area contributed by atoms with E-state index >= 15 is 0 Å². The van der Waals surface area contributed by atoms with Gasteiger partial charge in [-0.2, -0.15) is 0 Å². The number of fused-ring (bicyclic) bond motifs is 2. The third kappa shape index (κ3) is 3.90. The Hall–Kier alpha value is -4.19. The molecule has 0 bridgehead atoms. The molecule has 32 heavy (non-hydrogen) atoms. The fourth-order valence-corrected chi connectivity index (χ4v) is 3.72. The molecule has 0 unspecified atom stereocenters. The fourth-order valence-electron chi connectivity index (χ4n) is 3.72. The van der Waals surface area contributed by atoms with Crippen molar-refractivity contribution in [2.45, 2.75) is 13.5 Å². The monoisotopic (exact) mass is 422 g/mol. The van der Waals surface area contributed by atoms with E-state index in [-0.39, 0.29) is 5.91 Å². The van der Waals surface area contributed by atoms with Crippen LogP contribution in [-0.2, 0) is 6.54 Å². The number of hydrogen-bond donors (Lipinski definition) is 1. The first kappa shape index (κ1) is 19.8. The summed E-state index contributed by atoms with van der Waals surface area (Å²) in [5.74, 6) is 0.646. The number of carbonyl (C=O) groups is 1. The van der Waals surface area contributed by atoms with Crippen LogP contribution in [-0.4, -0.2) is 26.9 Å². The molecule has 3 heterocycles. The Kier molecular flexibility index (Phi) is 5.25. The van der Waals surface area contributed by atoms with Gasteiger partial charge in [0.25, 0.3) is 5.91 Å². The van der Waals surface area contributed by atoms with Crippen LogP contribution in [0.25, 0.3) is 27.7 Å². The van der Waals surface area contributed by atoms with Gasteiger partial charge in [-0.15, -0.1) is 0 Å². The first-order chi connectivity index (χ1) is 15.7. The maximum Gasteiger partial charge on any atom is 0.270 e. The fraction of sp³-hybridized carbons (Fsp3) is 0.115. The number of pyridine rings is 2. The van der Waals surface area contributed by atoms with Crippen molar-refractivity contribution in [2.24, 2.45) is 0 Å². The van der Waals surface area contributed by atoms with Gasteiger partial charge in [-0.25, -0.2) is 4.98 Å². The largest absolute Gasteiger partial charge is 0.494 e. The van der Waals surface area contributed by atoms with Gasteiger partial charge in [0.05, 0.1) is 18.3 Å². The van der Waals surface area contributed by atoms with Crippen LogP contribution in [0, 0.1) is 0 Å². The summed E-state index contributed by atoms with van der Waals surface area (Å²) in [6.45, 7) is 3.00. The number of nitrogens with zero attached hydrogens (tertiary/aromatic N) is 3. The number of nitrogens with one attached hydrogen (secondary N) is 1. The van der Waals surface area contributed by atoms with E-state index in [0.29, 0.717) is 18.8 Å². The Morgan fingerprint density at radius 1 is 1.00 bits per heavy atom. The quantitative estimate of drug-likeness (QED) is 0.424. The highest BCUT2D eigenvalue weighted by atomic mass is 16.5. The maximum atomic E-state index is 12.9. The Labute approximate surface area is 185 Å². The molecule has 158 valence electrons. The third-order valence-corrected chi connectivity index (χ3v) is 5.36. The van der Waals surface area contributed by atoms with Crippen LogP contribution in [0.4, 0.5) is 0 Å². The van der Waals surface area contributed by atoms with Gasteiger partial charge in [-0.05, 0) is 66.1 Å². The number of ether oxygens (including phenoxy) is 1. The van der Waals surface area contributed by atoms with Gasteiger partial charge in [0, 0.05) is 24.3 Å². The minimum absolute atomic E-state index is 0.175. The van der Waals surface area contributed by atoms with Gasteiger partial charge in [0.1, 0.15) is 17.1 Å². The van der Waals surface area contributed by atoms with E-state index in [1.807, 2.05) is 78.2 Å². The van der Waals surface area contributed by atoms with Gasteiger partial charge in [-0.1, -0.05) is 24.3 Å². The molecule has 0 radical (unpaired) electrons. The summed E-state index contributed by atoms with van der Waals surface area (Å²) < 4.78 is 7.29. The number of amides is 1. The predicted molar refractivity (Wildman–Crippen MR) is 125 cm³/mol. The first-order valence-corrected chi connectivity index (χ1v) is 10.5. The predicted octanol–water partition coefficient (Wildman–Crippen LogP) is 4.88. The Morgan fingerprint density at radius 2 is 1.84 bits per heavy atom. The molecule has 5 aromatic rings. The molecule has 0 aliphatic heterocycles. The lowest BCUT2D eigenvalue weighted by atomic mass is 10.1. The molecule has 6 nitrogen and oxygen atoms in total. The van der Waals surface area contributed by atoms with Gasteiger partial charge in [0.15, 0.2) is 0 Å². The summed E-state index contributed by atoms with van der Waals surface area (Å²) in [7, 11) is 0. The number of hydrogen-bond acceptors (Lipinski definition) is 4. The Balaban J connectivity index is 1.38. The molecule has 5 rings (SSSR count). The average molecular weight is 422 g/mol. The normalized spacial score (nSPS) is 11.0.